The van der Waals surface area contributed by atoms with Gasteiger partial charge in [-0.3, -0.25) is 9.59 Å². The molecule has 0 radical (unpaired) electrons. The molecule has 4 heterocycles. The van der Waals surface area contributed by atoms with Crippen LogP contribution in [0.5, 0.6) is 0 Å². The van der Waals surface area contributed by atoms with E-state index in [0.717, 1.165) is 51.7 Å². The van der Waals surface area contributed by atoms with Gasteiger partial charge in [-0.05, 0) is 102 Å². The minimum atomic E-state index is -0.508. The number of hydrogen-bond donors (Lipinski definition) is 1. The third-order valence-electron chi connectivity index (χ3n) is 8.69. The number of nitrogens with zero attached hydrogens (tertiary/aromatic N) is 5. The molecule has 2 aromatic rings. The average molecular weight is 627 g/mol. The Morgan fingerprint density at radius 2 is 1.73 bits per heavy atom. The van der Waals surface area contributed by atoms with Gasteiger partial charge in [0.15, 0.2) is 0 Å². The molecular weight excluding hydrogens is 576 g/mol. The number of amides is 3. The van der Waals surface area contributed by atoms with Gasteiger partial charge in [-0.15, -0.1) is 0 Å². The van der Waals surface area contributed by atoms with E-state index >= 15 is 0 Å². The molecule has 10 nitrogen and oxygen atoms in total. The molecule has 1 N–H and O–H groups in total. The smallest absolute Gasteiger partial charge is 0.410 e. The number of carbonyl (C=O) groups is 3. The summed E-state index contributed by atoms with van der Waals surface area (Å²) in [5.41, 5.74) is 2.62. The van der Waals surface area contributed by atoms with Crippen LogP contribution in [0.3, 0.4) is 0 Å². The molecule has 2 aromatic heterocycles. The predicted octanol–water partition coefficient (Wildman–Crippen LogP) is 5.19. The number of ether oxygens (including phenoxy) is 1. The van der Waals surface area contributed by atoms with E-state index in [2.05, 4.69) is 41.9 Å². The summed E-state index contributed by atoms with van der Waals surface area (Å²) < 4.78 is 5.54. The Hall–Kier alpha value is -3.05. The molecular formula is C33H50N6O4S. The van der Waals surface area contributed by atoms with Crippen molar-refractivity contribution < 1.29 is 19.1 Å². The Balaban J connectivity index is 1.25. The first-order valence-electron chi connectivity index (χ1n) is 16.0. The second-order valence-electron chi connectivity index (χ2n) is 13.4. The van der Waals surface area contributed by atoms with E-state index in [1.165, 1.54) is 11.9 Å². The normalized spacial score (nSPS) is 17.7. The molecule has 3 amide bonds. The highest BCUT2D eigenvalue weighted by atomic mass is 32.1. The number of likely N-dealkylation sites (tertiary alicyclic amines) is 2. The fourth-order valence-electron chi connectivity index (χ4n) is 6.13. The molecule has 4 rings (SSSR count). The minimum Gasteiger partial charge on any atom is -0.444 e. The molecule has 0 aromatic carbocycles. The van der Waals surface area contributed by atoms with Crippen molar-refractivity contribution in [2.24, 2.45) is 5.92 Å². The first-order valence-corrected chi connectivity index (χ1v) is 16.9. The summed E-state index contributed by atoms with van der Waals surface area (Å²) in [4.78, 5) is 53.8. The van der Waals surface area contributed by atoms with Crippen molar-refractivity contribution in [2.75, 3.05) is 32.7 Å². The van der Waals surface area contributed by atoms with Crippen LogP contribution in [0.4, 0.5) is 4.79 Å². The lowest BCUT2D eigenvalue weighted by molar-refractivity contribution is -0.136. The van der Waals surface area contributed by atoms with E-state index in [1.807, 2.05) is 41.5 Å². The summed E-state index contributed by atoms with van der Waals surface area (Å²) in [7, 11) is 0. The van der Waals surface area contributed by atoms with Gasteiger partial charge < -0.3 is 24.8 Å². The third kappa shape index (κ3) is 9.72. The van der Waals surface area contributed by atoms with Crippen LogP contribution in [0.15, 0.2) is 23.2 Å². The maximum Gasteiger partial charge on any atom is 0.410 e. The van der Waals surface area contributed by atoms with Crippen LogP contribution in [-0.4, -0.2) is 93.0 Å². The number of aromatic nitrogens is 2. The van der Waals surface area contributed by atoms with E-state index in [4.69, 9.17) is 4.74 Å². The summed E-state index contributed by atoms with van der Waals surface area (Å²) in [6, 6.07) is 2.35. The zero-order chi connectivity index (χ0) is 31.9. The van der Waals surface area contributed by atoms with Gasteiger partial charge in [-0.1, -0.05) is 0 Å². The number of aryl methyl sites for hydroxylation is 2. The maximum absolute atomic E-state index is 13.8. The summed E-state index contributed by atoms with van der Waals surface area (Å²) in [6.07, 6.45) is 6.11. The Morgan fingerprint density at radius 3 is 2.32 bits per heavy atom. The van der Waals surface area contributed by atoms with E-state index in [-0.39, 0.29) is 35.9 Å². The first kappa shape index (κ1) is 33.8. The van der Waals surface area contributed by atoms with Gasteiger partial charge in [0.2, 0.25) is 5.91 Å². The lowest BCUT2D eigenvalue weighted by Gasteiger charge is -2.40. The van der Waals surface area contributed by atoms with Gasteiger partial charge >= 0.3 is 6.09 Å². The van der Waals surface area contributed by atoms with Crippen LogP contribution >= 0.6 is 11.3 Å². The first-order chi connectivity index (χ1) is 20.9. The highest BCUT2D eigenvalue weighted by molar-refractivity contribution is 7.07. The topological polar surface area (TPSA) is 108 Å². The van der Waals surface area contributed by atoms with Crippen molar-refractivity contribution in [1.29, 1.82) is 0 Å². The summed E-state index contributed by atoms with van der Waals surface area (Å²) >= 11 is 1.66. The van der Waals surface area contributed by atoms with E-state index in [0.29, 0.717) is 43.0 Å². The fourth-order valence-corrected chi connectivity index (χ4v) is 6.79. The molecule has 11 heteroatoms. The Bertz CT molecular complexity index is 1230. The Labute approximate surface area is 266 Å². The molecule has 2 fully saturated rings. The van der Waals surface area contributed by atoms with Gasteiger partial charge in [0.05, 0.1) is 17.0 Å². The minimum absolute atomic E-state index is 0.0256. The highest BCUT2D eigenvalue weighted by Gasteiger charge is 2.32. The summed E-state index contributed by atoms with van der Waals surface area (Å²) in [5, 5.41) is 7.32. The number of carbonyl (C=O) groups excluding carboxylic acids is 3. The second-order valence-corrected chi connectivity index (χ2v) is 14.2. The van der Waals surface area contributed by atoms with Crippen LogP contribution < -0.4 is 5.32 Å². The monoisotopic (exact) mass is 626 g/mol. The van der Waals surface area contributed by atoms with Crippen LogP contribution in [0, 0.1) is 19.8 Å². The van der Waals surface area contributed by atoms with Crippen molar-refractivity contribution in [1.82, 2.24) is 30.0 Å². The molecule has 1 atom stereocenters. The number of thiophene rings is 1. The van der Waals surface area contributed by atoms with Gasteiger partial charge in [-0.25, -0.2) is 14.8 Å². The quantitative estimate of drug-likeness (QED) is 0.387. The average Bonchev–Trinajstić information content (AvgIpc) is 3.48. The van der Waals surface area contributed by atoms with E-state index in [9.17, 15) is 14.4 Å². The standard InChI is InChI=1S/C33H50N6O4S/c1-23(36-31(41)30-24(2)34-22-35-25(30)3)7-13-37-14-10-28(11-15-37)39(20-27-12-18-44-21-27)29(40)19-26-8-16-38(17-9-26)32(42)43-33(4,5)6/h12,18,21-23,26,28H,7-11,13-17,19-20H2,1-6H3,(H,36,41). The molecule has 0 spiro atoms. The van der Waals surface area contributed by atoms with Crippen LogP contribution in [0.25, 0.3) is 0 Å². The zero-order valence-corrected chi connectivity index (χ0v) is 28.1. The van der Waals surface area contributed by atoms with Crippen molar-refractivity contribution in [2.45, 2.75) is 104 Å². The van der Waals surface area contributed by atoms with Crippen LogP contribution in [-0.2, 0) is 16.1 Å². The van der Waals surface area contributed by atoms with E-state index in [1.54, 1.807) is 16.2 Å². The molecule has 44 heavy (non-hydrogen) atoms. The molecule has 0 aliphatic carbocycles. The van der Waals surface area contributed by atoms with Gasteiger partial charge in [0.1, 0.15) is 11.9 Å². The number of hydrogen-bond acceptors (Lipinski definition) is 8. The Kier molecular flexibility index (Phi) is 11.8. The molecule has 0 bridgehead atoms. The summed E-state index contributed by atoms with van der Waals surface area (Å²) in [5.74, 6) is 0.375. The van der Waals surface area contributed by atoms with Crippen molar-refractivity contribution in [3.63, 3.8) is 0 Å². The van der Waals surface area contributed by atoms with Crippen molar-refractivity contribution in [3.8, 4) is 0 Å². The summed E-state index contributed by atoms with van der Waals surface area (Å²) in [6.45, 7) is 16.0. The van der Waals surface area contributed by atoms with Crippen LogP contribution in [0.1, 0.15) is 93.5 Å². The number of piperidine rings is 2. The molecule has 0 saturated carbocycles. The maximum atomic E-state index is 13.8. The lowest BCUT2D eigenvalue weighted by Crippen LogP contribution is -2.48. The van der Waals surface area contributed by atoms with Crippen molar-refractivity contribution >= 4 is 29.2 Å². The third-order valence-corrected chi connectivity index (χ3v) is 9.42. The molecule has 2 aliphatic rings. The molecule has 2 saturated heterocycles. The molecule has 1 unspecified atom stereocenters. The van der Waals surface area contributed by atoms with Gasteiger partial charge in [0.25, 0.3) is 5.91 Å². The molecule has 2 aliphatic heterocycles. The zero-order valence-electron chi connectivity index (χ0n) is 27.3. The number of nitrogens with one attached hydrogen (secondary N) is 1. The Morgan fingerprint density at radius 1 is 1.07 bits per heavy atom. The van der Waals surface area contributed by atoms with Gasteiger partial charge in [-0.2, -0.15) is 11.3 Å². The fraction of sp³-hybridized carbons (Fsp3) is 0.667. The van der Waals surface area contributed by atoms with E-state index < -0.39 is 5.60 Å². The van der Waals surface area contributed by atoms with Crippen molar-refractivity contribution in [3.05, 3.63) is 45.7 Å². The largest absolute Gasteiger partial charge is 0.444 e. The SMILES string of the molecule is Cc1ncnc(C)c1C(=O)NC(C)CCN1CCC(N(Cc2ccsc2)C(=O)CC2CCN(C(=O)OC(C)(C)C)CC2)CC1. The lowest BCUT2D eigenvalue weighted by atomic mass is 9.92. The predicted molar refractivity (Wildman–Crippen MR) is 173 cm³/mol. The second kappa shape index (κ2) is 15.3. The van der Waals surface area contributed by atoms with Crippen LogP contribution in [0.2, 0.25) is 0 Å². The molecule has 242 valence electrons. The highest BCUT2D eigenvalue weighted by Crippen LogP contribution is 2.27. The van der Waals surface area contributed by atoms with Gasteiger partial charge in [0, 0.05) is 57.8 Å². The number of rotatable bonds is 10.